The number of nitriles is 1. The molecular formula is C32H34N6O2S2. The predicted molar refractivity (Wildman–Crippen MR) is 167 cm³/mol. The normalized spacial score (nSPS) is 18.1. The van der Waals surface area contributed by atoms with Crippen LogP contribution < -0.4 is 16.0 Å². The molecule has 0 saturated carbocycles. The molecule has 216 valence electrons. The zero-order chi connectivity index (χ0) is 29.9. The average molecular weight is 599 g/mol. The van der Waals surface area contributed by atoms with Crippen LogP contribution in [-0.2, 0) is 22.4 Å². The molecule has 5 rings (SSSR count). The second kappa shape index (κ2) is 12.5. The highest BCUT2D eigenvalue weighted by molar-refractivity contribution is 8.01. The molecule has 0 radical (unpaired) electrons. The number of ketones is 1. The fraction of sp³-hybridized carbons (Fsp3) is 0.344. The lowest BCUT2D eigenvalue weighted by Crippen LogP contribution is -2.42. The molecule has 0 fully saturated rings. The maximum Gasteiger partial charge on any atom is 0.230 e. The molecule has 3 N–H and O–H groups in total. The van der Waals surface area contributed by atoms with E-state index in [1.54, 1.807) is 4.90 Å². The number of allylic oxidation sites excluding steroid dienone is 3. The van der Waals surface area contributed by atoms with Crippen LogP contribution in [-0.4, -0.2) is 34.2 Å². The van der Waals surface area contributed by atoms with Gasteiger partial charge in [-0.05, 0) is 41.4 Å². The number of aromatic nitrogens is 2. The number of carbonyl (C=O) groups excluding carboxylic acids is 2. The Bertz CT molecular complexity index is 1580. The summed E-state index contributed by atoms with van der Waals surface area (Å²) in [4.78, 5) is 27.9. The number of Topliss-reactive ketones (excluding diaryl/α,β-unsaturated/α-hetero) is 1. The number of carbonyl (C=O) groups is 2. The van der Waals surface area contributed by atoms with E-state index in [0.29, 0.717) is 40.0 Å². The van der Waals surface area contributed by atoms with Crippen LogP contribution in [0, 0.1) is 16.7 Å². The number of nitrogens with one attached hydrogen (secondary N) is 1. The summed E-state index contributed by atoms with van der Waals surface area (Å²) in [6, 6.07) is 20.4. The average Bonchev–Trinajstić information content (AvgIpc) is 3.44. The van der Waals surface area contributed by atoms with Gasteiger partial charge in [-0.1, -0.05) is 98.5 Å². The van der Waals surface area contributed by atoms with Gasteiger partial charge in [0.05, 0.1) is 23.3 Å². The van der Waals surface area contributed by atoms with Crippen molar-refractivity contribution < 1.29 is 9.59 Å². The molecule has 0 saturated heterocycles. The van der Waals surface area contributed by atoms with Crippen molar-refractivity contribution in [3.05, 3.63) is 94.0 Å². The molecule has 1 aliphatic heterocycles. The van der Waals surface area contributed by atoms with Crippen molar-refractivity contribution >= 4 is 39.9 Å². The number of thioether (sulfide) groups is 1. The molecule has 1 unspecified atom stereocenters. The minimum absolute atomic E-state index is 0.0161. The lowest BCUT2D eigenvalue weighted by Gasteiger charge is -2.42. The molecule has 3 aromatic rings. The Kier molecular flexibility index (Phi) is 8.80. The molecule has 1 amide bonds. The van der Waals surface area contributed by atoms with Crippen molar-refractivity contribution in [3.63, 3.8) is 0 Å². The first kappa shape index (κ1) is 29.5. The highest BCUT2D eigenvalue weighted by Crippen LogP contribution is 2.50. The van der Waals surface area contributed by atoms with E-state index in [2.05, 4.69) is 42.4 Å². The van der Waals surface area contributed by atoms with Crippen molar-refractivity contribution in [2.45, 2.75) is 56.7 Å². The highest BCUT2D eigenvalue weighted by Gasteiger charge is 2.45. The number of anilines is 1. The molecule has 1 aromatic heterocycles. The maximum atomic E-state index is 13.7. The number of hydrogen-bond donors (Lipinski definition) is 2. The van der Waals surface area contributed by atoms with E-state index >= 15 is 0 Å². The first-order chi connectivity index (χ1) is 20.2. The van der Waals surface area contributed by atoms with Crippen LogP contribution in [0.15, 0.2) is 81.6 Å². The third kappa shape index (κ3) is 6.27. The quantitative estimate of drug-likeness (QED) is 0.310. The monoisotopic (exact) mass is 598 g/mol. The number of aryl methyl sites for hydroxylation is 1. The van der Waals surface area contributed by atoms with Crippen molar-refractivity contribution in [2.75, 3.05) is 17.2 Å². The minimum Gasteiger partial charge on any atom is -0.384 e. The molecule has 0 spiro atoms. The van der Waals surface area contributed by atoms with Gasteiger partial charge >= 0.3 is 0 Å². The second-order valence-electron chi connectivity index (χ2n) is 11.3. The zero-order valence-electron chi connectivity index (χ0n) is 24.0. The molecular weight excluding hydrogens is 565 g/mol. The lowest BCUT2D eigenvalue weighted by atomic mass is 9.68. The summed E-state index contributed by atoms with van der Waals surface area (Å²) in [5.41, 5.74) is 11.4. The van der Waals surface area contributed by atoms with E-state index < -0.39 is 5.92 Å². The Morgan fingerprint density at radius 3 is 2.57 bits per heavy atom. The van der Waals surface area contributed by atoms with Crippen molar-refractivity contribution in [2.24, 2.45) is 11.1 Å². The molecule has 10 heteroatoms. The summed E-state index contributed by atoms with van der Waals surface area (Å²) in [7, 11) is 0. The SMILES string of the molecule is CCc1ccc(C2C(C#N)=C(N)N(c3nnc(SCC(=O)NCCc4ccccc4)s3)C3=C2C(=O)CC(C)(C)C3)cc1. The van der Waals surface area contributed by atoms with E-state index in [0.717, 1.165) is 24.1 Å². The van der Waals surface area contributed by atoms with Crippen LogP contribution in [0.1, 0.15) is 56.2 Å². The molecule has 0 bridgehead atoms. The zero-order valence-corrected chi connectivity index (χ0v) is 25.6. The van der Waals surface area contributed by atoms with Crippen LogP contribution in [0.3, 0.4) is 0 Å². The second-order valence-corrected chi connectivity index (χ2v) is 13.5. The third-order valence-electron chi connectivity index (χ3n) is 7.59. The van der Waals surface area contributed by atoms with E-state index in [1.807, 2.05) is 54.6 Å². The Labute approximate surface area is 254 Å². The van der Waals surface area contributed by atoms with Gasteiger partial charge in [-0.3, -0.25) is 14.5 Å². The molecule has 1 atom stereocenters. The van der Waals surface area contributed by atoms with Crippen molar-refractivity contribution in [3.8, 4) is 6.07 Å². The number of benzene rings is 2. The van der Waals surface area contributed by atoms with E-state index in [9.17, 15) is 14.9 Å². The molecule has 1 aliphatic carbocycles. The fourth-order valence-corrected chi connectivity index (χ4v) is 7.24. The highest BCUT2D eigenvalue weighted by atomic mass is 32.2. The first-order valence-electron chi connectivity index (χ1n) is 14.0. The molecule has 42 heavy (non-hydrogen) atoms. The van der Waals surface area contributed by atoms with E-state index in [4.69, 9.17) is 5.73 Å². The summed E-state index contributed by atoms with van der Waals surface area (Å²) < 4.78 is 0.607. The van der Waals surface area contributed by atoms with E-state index in [-0.39, 0.29) is 28.7 Å². The topological polar surface area (TPSA) is 125 Å². The largest absolute Gasteiger partial charge is 0.384 e. The number of rotatable bonds is 9. The number of hydrogen-bond acceptors (Lipinski definition) is 9. The van der Waals surface area contributed by atoms with Crippen molar-refractivity contribution in [1.82, 2.24) is 15.5 Å². The molecule has 2 heterocycles. The van der Waals surface area contributed by atoms with Gasteiger partial charge < -0.3 is 11.1 Å². The van der Waals surface area contributed by atoms with Gasteiger partial charge in [-0.25, -0.2) is 0 Å². The van der Waals surface area contributed by atoms with E-state index in [1.165, 1.54) is 34.2 Å². The molecule has 8 nitrogen and oxygen atoms in total. The summed E-state index contributed by atoms with van der Waals surface area (Å²) in [5.74, 6) is -0.136. The Balaban J connectivity index is 1.39. The minimum atomic E-state index is -0.530. The third-order valence-corrected chi connectivity index (χ3v) is 9.64. The summed E-state index contributed by atoms with van der Waals surface area (Å²) in [5, 5.41) is 22.4. The van der Waals surface area contributed by atoms with Gasteiger partial charge in [0.1, 0.15) is 5.82 Å². The van der Waals surface area contributed by atoms with Gasteiger partial charge in [0, 0.05) is 24.2 Å². The van der Waals surface area contributed by atoms with Crippen LogP contribution in [0.4, 0.5) is 5.13 Å². The van der Waals surface area contributed by atoms with Crippen LogP contribution in [0.25, 0.3) is 0 Å². The molecule has 2 aromatic carbocycles. The summed E-state index contributed by atoms with van der Waals surface area (Å²) in [6.45, 7) is 6.78. The van der Waals surface area contributed by atoms with Gasteiger partial charge in [-0.15, -0.1) is 10.2 Å². The Hall–Kier alpha value is -3.94. The van der Waals surface area contributed by atoms with Gasteiger partial charge in [-0.2, -0.15) is 5.26 Å². The number of amides is 1. The number of nitrogens with two attached hydrogens (primary N) is 1. The van der Waals surface area contributed by atoms with Gasteiger partial charge in [0.2, 0.25) is 11.0 Å². The van der Waals surface area contributed by atoms with Gasteiger partial charge in [0.25, 0.3) is 0 Å². The Morgan fingerprint density at radius 1 is 1.14 bits per heavy atom. The van der Waals surface area contributed by atoms with Crippen LogP contribution in [0.2, 0.25) is 0 Å². The standard InChI is InChI=1S/C32H34N6O2S2/c1-4-20-10-12-22(13-11-20)27-23(18-33)29(34)38(24-16-32(2,3)17-25(39)28(24)27)30-36-37-31(42-30)41-19-26(40)35-15-14-21-8-6-5-7-9-21/h5-13,27H,4,14-17,19,34H2,1-3H3,(H,35,40). The molecule has 2 aliphatic rings. The first-order valence-corrected chi connectivity index (χ1v) is 15.8. The predicted octanol–water partition coefficient (Wildman–Crippen LogP) is 5.49. The maximum absolute atomic E-state index is 13.7. The summed E-state index contributed by atoms with van der Waals surface area (Å²) in [6.07, 6.45) is 2.65. The lowest BCUT2D eigenvalue weighted by molar-refractivity contribution is -0.119. The van der Waals surface area contributed by atoms with Gasteiger partial charge in [0.15, 0.2) is 10.1 Å². The van der Waals surface area contributed by atoms with Crippen LogP contribution in [0.5, 0.6) is 0 Å². The van der Waals surface area contributed by atoms with Crippen LogP contribution >= 0.6 is 23.1 Å². The summed E-state index contributed by atoms with van der Waals surface area (Å²) >= 11 is 2.59. The fourth-order valence-electron chi connectivity index (χ4n) is 5.53. The number of nitrogens with zero attached hydrogens (tertiary/aromatic N) is 4. The van der Waals surface area contributed by atoms with Crippen molar-refractivity contribution in [1.29, 1.82) is 5.26 Å². The smallest absolute Gasteiger partial charge is 0.230 e. The Morgan fingerprint density at radius 2 is 1.88 bits per heavy atom.